The number of carbonyl (C=O) groups is 1. The van der Waals surface area contributed by atoms with E-state index in [-0.39, 0.29) is 48.9 Å². The molecule has 0 bridgehead atoms. The van der Waals surface area contributed by atoms with Gasteiger partial charge in [-0.15, -0.1) is 10.1 Å². The van der Waals surface area contributed by atoms with E-state index in [0.29, 0.717) is 0 Å². The van der Waals surface area contributed by atoms with Crippen molar-refractivity contribution in [3.8, 4) is 0 Å². The van der Waals surface area contributed by atoms with Crippen molar-refractivity contribution in [3.63, 3.8) is 0 Å². The number of benzene rings is 1. The molecule has 0 saturated carbocycles. The molecule has 0 aliphatic heterocycles. The first kappa shape index (κ1) is 15.1. The summed E-state index contributed by atoms with van der Waals surface area (Å²) in [5, 5.41) is 19.0. The molecule has 16 heavy (non-hydrogen) atoms. The molecule has 0 N–H and O–H groups in total. The van der Waals surface area contributed by atoms with Crippen molar-refractivity contribution in [1.29, 1.82) is 0 Å². The Morgan fingerprint density at radius 3 is 2.25 bits per heavy atom. The fourth-order valence-electron chi connectivity index (χ4n) is 0.922. The average molecular weight is 351 g/mol. The van der Waals surface area contributed by atoms with Crippen LogP contribution in [0.5, 0.6) is 0 Å². The van der Waals surface area contributed by atoms with Crippen LogP contribution >= 0.6 is 0 Å². The first-order valence-electron chi connectivity index (χ1n) is 3.62. The molecule has 0 aliphatic rings. The van der Waals surface area contributed by atoms with Gasteiger partial charge in [0.05, 0.1) is 4.92 Å². The van der Waals surface area contributed by atoms with E-state index < -0.39 is 27.2 Å². The van der Waals surface area contributed by atoms with Gasteiger partial charge >= 0.3 is 59.9 Å². The normalized spacial score (nSPS) is 8.75. The Bertz CT molecular complexity index is 435. The van der Waals surface area contributed by atoms with E-state index in [2.05, 4.69) is 4.84 Å². The number of nitro groups is 1. The minimum atomic E-state index is -1.37. The number of rotatable bonds is 3. The number of nitrogens with zero attached hydrogens (tertiary/aromatic N) is 2. The maximum atomic E-state index is 11.0. The fourth-order valence-corrected chi connectivity index (χ4v) is 0.922. The van der Waals surface area contributed by atoms with Gasteiger partial charge in [0, 0.05) is 6.07 Å². The van der Waals surface area contributed by atoms with Crippen LogP contribution in [0.15, 0.2) is 24.3 Å². The van der Waals surface area contributed by atoms with Crippen LogP contribution in [0.2, 0.25) is 0 Å². The Labute approximate surface area is 129 Å². The zero-order valence-corrected chi connectivity index (χ0v) is 7.15. The van der Waals surface area contributed by atoms with Gasteiger partial charge < -0.3 is 0 Å². The van der Waals surface area contributed by atoms with Gasteiger partial charge in [-0.2, -0.15) is 0 Å². The summed E-state index contributed by atoms with van der Waals surface area (Å²) in [4.78, 5) is 34.1. The number of para-hydroxylation sites is 1. The molecule has 0 fully saturated rings. The molecule has 0 heterocycles. The van der Waals surface area contributed by atoms with E-state index in [1.807, 2.05) is 0 Å². The molecule has 1 rings (SSSR count). The fraction of sp³-hybridized carbons (Fsp3) is 0. The number of hydrogen-bond donors (Lipinski definition) is 0. The number of nitro benzene ring substituents is 1. The van der Waals surface area contributed by atoms with Crippen molar-refractivity contribution in [2.24, 2.45) is 0 Å². The van der Waals surface area contributed by atoms with Gasteiger partial charge in [-0.05, 0) is 6.07 Å². The Kier molecular flexibility index (Phi) is 6.22. The van der Waals surface area contributed by atoms with Crippen LogP contribution in [0.1, 0.15) is 10.4 Å². The van der Waals surface area contributed by atoms with E-state index in [0.717, 1.165) is 12.1 Å². The summed E-state index contributed by atoms with van der Waals surface area (Å²) in [6, 6.07) is 4.80. The molecule has 0 radical (unpaired) electrons. The molecule has 0 atom stereocenters. The van der Waals surface area contributed by atoms with E-state index in [1.165, 1.54) is 12.1 Å². The molecule has 0 saturated heterocycles. The SMILES string of the molecule is O=C(O[N+](=O)[O-])c1ccccc1[N+](=O)[O-].[BaH2]. The second kappa shape index (κ2) is 6.60. The van der Waals surface area contributed by atoms with Crippen LogP contribution < -0.4 is 0 Å². The molecular formula is C7H6BaN2O6. The van der Waals surface area contributed by atoms with Gasteiger partial charge in [-0.1, -0.05) is 12.1 Å². The minimum absolute atomic E-state index is 0. The second-order valence-corrected chi connectivity index (χ2v) is 2.38. The molecule has 0 aliphatic carbocycles. The Morgan fingerprint density at radius 2 is 1.75 bits per heavy atom. The summed E-state index contributed by atoms with van der Waals surface area (Å²) in [5.41, 5.74) is -0.997. The molecule has 1 aromatic carbocycles. The van der Waals surface area contributed by atoms with E-state index >= 15 is 0 Å². The third kappa shape index (κ3) is 3.90. The van der Waals surface area contributed by atoms with Crippen molar-refractivity contribution < 1.29 is 19.6 Å². The Hall–Kier alpha value is -0.939. The molecule has 0 aromatic heterocycles. The topological polar surface area (TPSA) is 113 Å². The molecule has 8 nitrogen and oxygen atoms in total. The number of hydrogen-bond acceptors (Lipinski definition) is 6. The zero-order valence-electron chi connectivity index (χ0n) is 7.15. The second-order valence-electron chi connectivity index (χ2n) is 2.38. The van der Waals surface area contributed by atoms with Crippen molar-refractivity contribution >= 4 is 60.5 Å². The van der Waals surface area contributed by atoms with Crippen LogP contribution in [0.25, 0.3) is 0 Å². The molecule has 0 unspecified atom stereocenters. The monoisotopic (exact) mass is 352 g/mol. The summed E-state index contributed by atoms with van der Waals surface area (Å²) in [7, 11) is 0. The molecule has 0 spiro atoms. The summed E-state index contributed by atoms with van der Waals surface area (Å²) in [5.74, 6) is -1.37. The van der Waals surface area contributed by atoms with Gasteiger partial charge in [0.2, 0.25) is 0 Å². The molecule has 82 valence electrons. The van der Waals surface area contributed by atoms with Crippen LogP contribution in [-0.2, 0) is 4.84 Å². The first-order chi connectivity index (χ1) is 7.02. The third-order valence-corrected chi connectivity index (χ3v) is 1.48. The Morgan fingerprint density at radius 1 is 1.19 bits per heavy atom. The van der Waals surface area contributed by atoms with Gasteiger partial charge in [-0.25, -0.2) is 4.84 Å². The van der Waals surface area contributed by atoms with Gasteiger partial charge in [0.25, 0.3) is 5.69 Å². The van der Waals surface area contributed by atoms with E-state index in [9.17, 15) is 25.0 Å². The molecule has 9 heteroatoms. The average Bonchev–Trinajstić information content (AvgIpc) is 2.16. The summed E-state index contributed by atoms with van der Waals surface area (Å²) in [6.07, 6.45) is 0. The predicted molar refractivity (Wildman–Crippen MR) is 54.1 cm³/mol. The molecule has 1 aromatic rings. The van der Waals surface area contributed by atoms with Crippen molar-refractivity contribution in [1.82, 2.24) is 0 Å². The van der Waals surface area contributed by atoms with Gasteiger partial charge in [-0.3, -0.25) is 14.9 Å². The van der Waals surface area contributed by atoms with Gasteiger partial charge in [0.1, 0.15) is 5.56 Å². The molecule has 0 amide bonds. The van der Waals surface area contributed by atoms with Gasteiger partial charge in [0.15, 0.2) is 0 Å². The van der Waals surface area contributed by atoms with Crippen LogP contribution in [-0.4, -0.2) is 64.9 Å². The number of carbonyl (C=O) groups excluding carboxylic acids is 1. The van der Waals surface area contributed by atoms with Crippen LogP contribution in [0, 0.1) is 20.2 Å². The third-order valence-electron chi connectivity index (χ3n) is 1.48. The van der Waals surface area contributed by atoms with Crippen molar-refractivity contribution in [2.75, 3.05) is 0 Å². The summed E-state index contributed by atoms with van der Waals surface area (Å²) < 4.78 is 0. The zero-order chi connectivity index (χ0) is 11.4. The van der Waals surface area contributed by atoms with Crippen LogP contribution in [0.4, 0.5) is 5.69 Å². The standard InChI is InChI=1S/C7H4N2O6.Ba.2H/c10-7(15-9(13)14)5-3-1-2-4-6(5)8(11)12;;;/h1-4H;;;. The summed E-state index contributed by atoms with van der Waals surface area (Å²) >= 11 is 0. The van der Waals surface area contributed by atoms with Crippen molar-refractivity contribution in [3.05, 3.63) is 50.1 Å². The first-order valence-corrected chi connectivity index (χ1v) is 3.62. The maximum absolute atomic E-state index is 11.0. The summed E-state index contributed by atoms with van der Waals surface area (Å²) in [6.45, 7) is 0. The van der Waals surface area contributed by atoms with Crippen LogP contribution in [0.3, 0.4) is 0 Å². The molecular weight excluding hydrogens is 345 g/mol. The van der Waals surface area contributed by atoms with E-state index in [4.69, 9.17) is 0 Å². The quantitative estimate of drug-likeness (QED) is 0.431. The Balaban J connectivity index is 0.00000225. The van der Waals surface area contributed by atoms with Crippen molar-refractivity contribution in [2.45, 2.75) is 0 Å². The predicted octanol–water partition coefficient (Wildman–Crippen LogP) is 0.0271. The van der Waals surface area contributed by atoms with E-state index in [1.54, 1.807) is 0 Å².